The zero-order chi connectivity index (χ0) is 20.1. The predicted molar refractivity (Wildman–Crippen MR) is 105 cm³/mol. The molecule has 0 spiro atoms. The number of benzene rings is 1. The van der Waals surface area contributed by atoms with Gasteiger partial charge in [0.1, 0.15) is 6.07 Å². The Balaban J connectivity index is 2.34. The van der Waals surface area contributed by atoms with Crippen molar-refractivity contribution in [3.8, 4) is 12.1 Å². The van der Waals surface area contributed by atoms with Crippen molar-refractivity contribution in [2.45, 2.75) is 51.4 Å². The van der Waals surface area contributed by atoms with Crippen LogP contribution in [0.15, 0.2) is 52.7 Å². The van der Waals surface area contributed by atoms with Gasteiger partial charge in [-0.2, -0.15) is 10.5 Å². The van der Waals surface area contributed by atoms with Gasteiger partial charge < -0.3 is 10.5 Å². The summed E-state index contributed by atoms with van der Waals surface area (Å²) in [4.78, 5) is 13.1. The van der Waals surface area contributed by atoms with Crippen LogP contribution in [0.3, 0.4) is 0 Å². The van der Waals surface area contributed by atoms with E-state index in [1.807, 2.05) is 30.3 Å². The van der Waals surface area contributed by atoms with Gasteiger partial charge in [0, 0.05) is 5.92 Å². The van der Waals surface area contributed by atoms with Crippen molar-refractivity contribution in [2.75, 3.05) is 6.61 Å². The molecule has 5 heteroatoms. The molecule has 5 nitrogen and oxygen atoms in total. The van der Waals surface area contributed by atoms with Gasteiger partial charge in [-0.15, -0.1) is 0 Å². The Bertz CT molecular complexity index is 902. The second kappa shape index (κ2) is 8.31. The summed E-state index contributed by atoms with van der Waals surface area (Å²) in [6.07, 6.45) is 5.62. The van der Waals surface area contributed by atoms with E-state index in [0.717, 1.165) is 55.2 Å². The Labute approximate surface area is 166 Å². The Morgan fingerprint density at radius 1 is 1.18 bits per heavy atom. The summed E-state index contributed by atoms with van der Waals surface area (Å²) >= 11 is 0. The molecular weight excluding hydrogens is 350 g/mol. The van der Waals surface area contributed by atoms with E-state index in [1.54, 1.807) is 6.92 Å². The zero-order valence-corrected chi connectivity index (χ0v) is 16.2. The Morgan fingerprint density at radius 2 is 1.86 bits per heavy atom. The number of hydrogen-bond acceptors (Lipinski definition) is 5. The molecule has 2 aliphatic rings. The lowest BCUT2D eigenvalue weighted by Gasteiger charge is -2.41. The normalized spacial score (nSPS) is 25.0. The molecule has 0 fully saturated rings. The third kappa shape index (κ3) is 3.08. The van der Waals surface area contributed by atoms with Crippen LogP contribution in [0, 0.1) is 28.1 Å². The average Bonchev–Trinajstić information content (AvgIpc) is 2.69. The van der Waals surface area contributed by atoms with Crippen molar-refractivity contribution in [3.05, 3.63) is 58.3 Å². The van der Waals surface area contributed by atoms with Crippen molar-refractivity contribution in [1.82, 2.24) is 0 Å². The van der Waals surface area contributed by atoms with E-state index in [1.165, 1.54) is 0 Å². The highest BCUT2D eigenvalue weighted by atomic mass is 16.5. The largest absolute Gasteiger partial charge is 0.464 e. The van der Waals surface area contributed by atoms with Gasteiger partial charge in [0.25, 0.3) is 0 Å². The summed E-state index contributed by atoms with van der Waals surface area (Å²) in [5, 5.41) is 20.1. The van der Waals surface area contributed by atoms with Crippen LogP contribution >= 0.6 is 0 Å². The molecule has 2 atom stereocenters. The van der Waals surface area contributed by atoms with E-state index >= 15 is 0 Å². The summed E-state index contributed by atoms with van der Waals surface area (Å²) in [7, 11) is 0. The highest BCUT2D eigenvalue weighted by molar-refractivity contribution is 5.88. The molecule has 2 aliphatic carbocycles. The van der Waals surface area contributed by atoms with Crippen LogP contribution in [0.25, 0.3) is 0 Å². The minimum absolute atomic E-state index is 0.0316. The molecule has 1 aromatic carbocycles. The molecule has 0 radical (unpaired) electrons. The van der Waals surface area contributed by atoms with Crippen LogP contribution in [0.5, 0.6) is 0 Å². The highest BCUT2D eigenvalue weighted by Crippen LogP contribution is 2.54. The molecule has 28 heavy (non-hydrogen) atoms. The third-order valence-corrected chi connectivity index (χ3v) is 5.81. The number of carbonyl (C=O) groups is 1. The number of esters is 1. The molecule has 0 unspecified atom stereocenters. The molecule has 144 valence electrons. The van der Waals surface area contributed by atoms with E-state index in [9.17, 15) is 15.3 Å². The van der Waals surface area contributed by atoms with Crippen LogP contribution in [-0.2, 0) is 9.53 Å². The van der Waals surface area contributed by atoms with Crippen molar-refractivity contribution < 1.29 is 9.53 Å². The first-order valence-electron chi connectivity index (χ1n) is 9.87. The topological polar surface area (TPSA) is 99.9 Å². The van der Waals surface area contributed by atoms with Gasteiger partial charge in [-0.1, -0.05) is 48.7 Å². The number of rotatable bonds is 3. The van der Waals surface area contributed by atoms with Crippen LogP contribution in [0.1, 0.15) is 56.9 Å². The van der Waals surface area contributed by atoms with Crippen molar-refractivity contribution in [3.63, 3.8) is 0 Å². The maximum Gasteiger partial charge on any atom is 0.333 e. The molecule has 0 amide bonds. The van der Waals surface area contributed by atoms with E-state index in [2.05, 4.69) is 12.1 Å². The molecule has 1 aromatic rings. The number of nitrogens with two attached hydrogens (primary N) is 1. The van der Waals surface area contributed by atoms with Crippen LogP contribution in [0.4, 0.5) is 0 Å². The molecule has 0 saturated heterocycles. The van der Waals surface area contributed by atoms with Crippen LogP contribution in [-0.4, -0.2) is 12.6 Å². The molecule has 2 N–H and O–H groups in total. The summed E-state index contributed by atoms with van der Waals surface area (Å²) < 4.78 is 5.32. The van der Waals surface area contributed by atoms with Gasteiger partial charge in [0.2, 0.25) is 5.41 Å². The van der Waals surface area contributed by atoms with Crippen molar-refractivity contribution >= 4 is 5.97 Å². The SMILES string of the molecule is CCOC(=O)[C@@]1(C#N)C(N)=C(C#N)C2=C(CCCCCC2)[C@@H]1c1ccccc1. The minimum Gasteiger partial charge on any atom is -0.464 e. The number of hydrogen-bond donors (Lipinski definition) is 1. The fourth-order valence-electron chi connectivity index (χ4n) is 4.53. The van der Waals surface area contributed by atoms with E-state index in [-0.39, 0.29) is 12.3 Å². The standard InChI is InChI=1S/C23H25N3O2/c1-2-28-22(27)23(15-25)20(16-10-6-5-7-11-16)18-13-9-4-3-8-12-17(18)19(14-24)21(23)26/h5-7,10-11,20H,2-4,8-9,12-13,26H2,1H3/t20-,23+/m0/s1. The fourth-order valence-corrected chi connectivity index (χ4v) is 4.53. The zero-order valence-electron chi connectivity index (χ0n) is 16.2. The highest BCUT2D eigenvalue weighted by Gasteiger charge is 2.56. The molecule has 0 aliphatic heterocycles. The van der Waals surface area contributed by atoms with Crippen LogP contribution < -0.4 is 5.73 Å². The predicted octanol–water partition coefficient (Wildman–Crippen LogP) is 4.24. The molecule has 0 bridgehead atoms. The van der Waals surface area contributed by atoms with Crippen molar-refractivity contribution in [1.29, 1.82) is 10.5 Å². The molecule has 0 saturated carbocycles. The molecule has 3 rings (SSSR count). The maximum atomic E-state index is 13.1. The Kier molecular flexibility index (Phi) is 5.85. The second-order valence-corrected chi connectivity index (χ2v) is 7.30. The fraction of sp³-hybridized carbons (Fsp3) is 0.435. The van der Waals surface area contributed by atoms with E-state index < -0.39 is 17.3 Å². The first-order valence-corrected chi connectivity index (χ1v) is 9.87. The van der Waals surface area contributed by atoms with E-state index in [0.29, 0.717) is 5.57 Å². The van der Waals surface area contributed by atoms with Gasteiger partial charge >= 0.3 is 5.97 Å². The third-order valence-electron chi connectivity index (χ3n) is 5.81. The summed E-state index contributed by atoms with van der Waals surface area (Å²) in [5.74, 6) is -1.21. The number of nitriles is 2. The first kappa shape index (κ1) is 19.7. The number of nitrogens with zero attached hydrogens (tertiary/aromatic N) is 2. The smallest absolute Gasteiger partial charge is 0.333 e. The number of allylic oxidation sites excluding steroid dienone is 3. The number of carbonyl (C=O) groups excluding carboxylic acids is 1. The average molecular weight is 375 g/mol. The summed E-state index contributed by atoms with van der Waals surface area (Å²) in [6, 6.07) is 13.9. The van der Waals surface area contributed by atoms with Crippen molar-refractivity contribution in [2.24, 2.45) is 11.1 Å². The minimum atomic E-state index is -1.72. The molecular formula is C23H25N3O2. The summed E-state index contributed by atoms with van der Waals surface area (Å²) in [6.45, 7) is 1.85. The van der Waals surface area contributed by atoms with Gasteiger partial charge in [0.05, 0.1) is 23.9 Å². The van der Waals surface area contributed by atoms with Gasteiger partial charge in [-0.3, -0.25) is 0 Å². The lowest BCUT2D eigenvalue weighted by molar-refractivity contribution is -0.151. The molecule has 0 heterocycles. The van der Waals surface area contributed by atoms with Crippen LogP contribution in [0.2, 0.25) is 0 Å². The second-order valence-electron chi connectivity index (χ2n) is 7.30. The van der Waals surface area contributed by atoms with Gasteiger partial charge in [0.15, 0.2) is 0 Å². The monoisotopic (exact) mass is 375 g/mol. The van der Waals surface area contributed by atoms with Gasteiger partial charge in [-0.25, -0.2) is 4.79 Å². The summed E-state index contributed by atoms with van der Waals surface area (Å²) in [5.41, 5.74) is 7.80. The van der Waals surface area contributed by atoms with E-state index in [4.69, 9.17) is 10.5 Å². The lowest BCUT2D eigenvalue weighted by atomic mass is 9.60. The maximum absolute atomic E-state index is 13.1. The van der Waals surface area contributed by atoms with Gasteiger partial charge in [-0.05, 0) is 43.7 Å². The lowest BCUT2D eigenvalue weighted by Crippen LogP contribution is -2.46. The first-order chi connectivity index (χ1) is 13.6. The molecule has 0 aromatic heterocycles. The Morgan fingerprint density at radius 3 is 2.46 bits per heavy atom. The quantitative estimate of drug-likeness (QED) is 0.796. The Hall–Kier alpha value is -3.05. The number of ether oxygens (including phenoxy) is 1.